The van der Waals surface area contributed by atoms with E-state index in [9.17, 15) is 18.0 Å². The van der Waals surface area contributed by atoms with Gasteiger partial charge in [-0.2, -0.15) is 13.2 Å². The van der Waals surface area contributed by atoms with E-state index in [0.29, 0.717) is 35.1 Å². The van der Waals surface area contributed by atoms with Crippen LogP contribution >= 0.6 is 0 Å². The van der Waals surface area contributed by atoms with E-state index in [2.05, 4.69) is 20.6 Å². The molecule has 1 aromatic heterocycles. The van der Waals surface area contributed by atoms with Crippen LogP contribution in [0.5, 0.6) is 5.75 Å². The number of urea groups is 1. The fraction of sp³-hybridized carbons (Fsp3) is 0.250. The van der Waals surface area contributed by atoms with Crippen LogP contribution in [0, 0.1) is 6.92 Å². The largest absolute Gasteiger partial charge is 0.488 e. The molecule has 3 heterocycles. The summed E-state index contributed by atoms with van der Waals surface area (Å²) in [5.41, 5.74) is 0.532. The minimum absolute atomic E-state index is 0.249. The number of allylic oxidation sites excluding steroid dienone is 1. The number of ether oxygens (including phenoxy) is 1. The number of nitrogens with zero attached hydrogens (tertiary/aromatic N) is 3. The van der Waals surface area contributed by atoms with Gasteiger partial charge < -0.3 is 10.1 Å². The maximum Gasteiger partial charge on any atom is 0.416 e. The van der Waals surface area contributed by atoms with Gasteiger partial charge in [0.25, 0.3) is 0 Å². The number of carbonyl (C=O) groups excluding carboxylic acids is 1. The number of alkyl halides is 3. The molecule has 2 aliphatic rings. The molecule has 0 saturated heterocycles. The molecule has 1 aromatic carbocycles. The lowest BCUT2D eigenvalue weighted by atomic mass is 10.1. The van der Waals surface area contributed by atoms with Crippen molar-refractivity contribution in [2.75, 3.05) is 24.7 Å². The molecule has 0 atom stereocenters. The van der Waals surface area contributed by atoms with Crippen molar-refractivity contribution < 1.29 is 22.7 Å². The van der Waals surface area contributed by atoms with Gasteiger partial charge in [-0.15, -0.1) is 0 Å². The standard InChI is InChI=1S/C20H18F3N5O2/c1-12-9-15(13-3-2-4-14(10-13)20(21,22)23)26-18-17(12)30-8-7-28(18)19(29)27-16-5-6-24-11-25-16/h2-6,9-10,25H,7-8,11H2,1H3,(H,27,29). The molecule has 2 aromatic rings. The zero-order valence-electron chi connectivity index (χ0n) is 16.0. The number of aryl methyl sites for hydroxylation is 1. The van der Waals surface area contributed by atoms with Gasteiger partial charge in [0.05, 0.1) is 17.8 Å². The van der Waals surface area contributed by atoms with E-state index in [0.717, 1.165) is 12.1 Å². The van der Waals surface area contributed by atoms with Crippen LogP contribution in [0.2, 0.25) is 0 Å². The summed E-state index contributed by atoms with van der Waals surface area (Å²) < 4.78 is 45.0. The zero-order chi connectivity index (χ0) is 21.3. The van der Waals surface area contributed by atoms with E-state index in [-0.39, 0.29) is 19.0 Å². The average molecular weight is 417 g/mol. The normalized spacial score (nSPS) is 15.6. The van der Waals surface area contributed by atoms with Crippen LogP contribution in [0.4, 0.5) is 23.8 Å². The minimum atomic E-state index is -4.46. The molecule has 0 spiro atoms. The summed E-state index contributed by atoms with van der Waals surface area (Å²) in [5.74, 6) is 1.18. The number of rotatable bonds is 2. The van der Waals surface area contributed by atoms with Crippen LogP contribution < -0.4 is 20.3 Å². The van der Waals surface area contributed by atoms with Gasteiger partial charge in [0, 0.05) is 11.8 Å². The Balaban J connectivity index is 1.70. The highest BCUT2D eigenvalue weighted by atomic mass is 19.4. The first kappa shape index (κ1) is 19.7. The second-order valence-electron chi connectivity index (χ2n) is 6.73. The SMILES string of the molecule is Cc1cc(-c2cccc(C(F)(F)F)c2)nc2c1OCCN2C(=O)NC1=CC=NCN1. The predicted molar refractivity (Wildman–Crippen MR) is 105 cm³/mol. The van der Waals surface area contributed by atoms with Crippen molar-refractivity contribution in [3.63, 3.8) is 0 Å². The highest BCUT2D eigenvalue weighted by molar-refractivity contribution is 5.95. The number of fused-ring (bicyclic) bond motifs is 1. The fourth-order valence-electron chi connectivity index (χ4n) is 3.19. The Hall–Kier alpha value is -3.56. The molecule has 0 fully saturated rings. The Labute approximate surface area is 170 Å². The third kappa shape index (κ3) is 3.93. The number of nitrogens with one attached hydrogen (secondary N) is 2. The molecule has 2 aliphatic heterocycles. The van der Waals surface area contributed by atoms with Gasteiger partial charge in [-0.25, -0.2) is 9.78 Å². The minimum Gasteiger partial charge on any atom is -0.488 e. The van der Waals surface area contributed by atoms with Crippen LogP contribution in [-0.4, -0.2) is 37.1 Å². The van der Waals surface area contributed by atoms with E-state index in [1.165, 1.54) is 11.0 Å². The molecule has 0 aliphatic carbocycles. The van der Waals surface area contributed by atoms with Gasteiger partial charge >= 0.3 is 12.2 Å². The third-order valence-corrected chi connectivity index (χ3v) is 4.64. The van der Waals surface area contributed by atoms with Gasteiger partial charge in [0.2, 0.25) is 0 Å². The van der Waals surface area contributed by atoms with Gasteiger partial charge in [-0.1, -0.05) is 12.1 Å². The Bertz CT molecular complexity index is 1050. The summed E-state index contributed by atoms with van der Waals surface area (Å²) >= 11 is 0. The number of hydrogen-bond acceptors (Lipinski definition) is 5. The Kier molecular flexibility index (Phi) is 5.06. The van der Waals surface area contributed by atoms with Crippen molar-refractivity contribution >= 4 is 18.1 Å². The van der Waals surface area contributed by atoms with E-state index in [4.69, 9.17) is 4.74 Å². The second kappa shape index (κ2) is 7.69. The molecule has 0 radical (unpaired) electrons. The number of carbonyl (C=O) groups is 1. The van der Waals surface area contributed by atoms with Gasteiger partial charge in [-0.05, 0) is 36.8 Å². The number of pyridine rings is 1. The molecule has 0 unspecified atom stereocenters. The number of benzene rings is 1. The maximum atomic E-state index is 13.1. The monoisotopic (exact) mass is 417 g/mol. The first-order valence-electron chi connectivity index (χ1n) is 9.17. The topological polar surface area (TPSA) is 78.8 Å². The maximum absolute atomic E-state index is 13.1. The molecule has 156 valence electrons. The second-order valence-corrected chi connectivity index (χ2v) is 6.73. The van der Waals surface area contributed by atoms with Crippen LogP contribution in [0.1, 0.15) is 11.1 Å². The van der Waals surface area contributed by atoms with Crippen LogP contribution in [0.25, 0.3) is 11.3 Å². The van der Waals surface area contributed by atoms with Crippen molar-refractivity contribution in [3.05, 3.63) is 53.4 Å². The van der Waals surface area contributed by atoms with Crippen molar-refractivity contribution in [2.24, 2.45) is 4.99 Å². The Morgan fingerprint density at radius 3 is 2.87 bits per heavy atom. The molecule has 0 saturated carbocycles. The quantitative estimate of drug-likeness (QED) is 0.785. The van der Waals surface area contributed by atoms with Crippen LogP contribution in [0.15, 0.2) is 47.2 Å². The highest BCUT2D eigenvalue weighted by Crippen LogP contribution is 2.37. The molecule has 30 heavy (non-hydrogen) atoms. The van der Waals surface area contributed by atoms with Crippen LogP contribution in [-0.2, 0) is 6.18 Å². The van der Waals surface area contributed by atoms with Crippen molar-refractivity contribution in [3.8, 4) is 17.0 Å². The lowest BCUT2D eigenvalue weighted by Gasteiger charge is -2.30. The summed E-state index contributed by atoms with van der Waals surface area (Å²) in [6.45, 7) is 2.64. The van der Waals surface area contributed by atoms with Crippen LogP contribution in [0.3, 0.4) is 0 Å². The summed E-state index contributed by atoms with van der Waals surface area (Å²) in [5, 5.41) is 5.67. The third-order valence-electron chi connectivity index (χ3n) is 4.64. The lowest BCUT2D eigenvalue weighted by Crippen LogP contribution is -2.46. The van der Waals surface area contributed by atoms with E-state index < -0.39 is 17.8 Å². The summed E-state index contributed by atoms with van der Waals surface area (Å²) in [7, 11) is 0. The van der Waals surface area contributed by atoms with E-state index in [1.54, 1.807) is 31.3 Å². The number of hydrogen-bond donors (Lipinski definition) is 2. The molecular formula is C20H18F3N5O2. The summed E-state index contributed by atoms with van der Waals surface area (Å²) in [4.78, 5) is 22.7. The van der Waals surface area contributed by atoms with Gasteiger partial charge in [0.15, 0.2) is 11.6 Å². The number of amides is 2. The smallest absolute Gasteiger partial charge is 0.416 e. The molecule has 2 N–H and O–H groups in total. The molecule has 10 heteroatoms. The molecule has 7 nitrogen and oxygen atoms in total. The number of aromatic nitrogens is 1. The molecule has 2 amide bonds. The van der Waals surface area contributed by atoms with Crippen molar-refractivity contribution in [1.29, 1.82) is 0 Å². The number of anilines is 1. The van der Waals surface area contributed by atoms with Crippen molar-refractivity contribution in [2.45, 2.75) is 13.1 Å². The number of halogens is 3. The van der Waals surface area contributed by atoms with Crippen molar-refractivity contribution in [1.82, 2.24) is 15.6 Å². The Morgan fingerprint density at radius 2 is 2.13 bits per heavy atom. The summed E-state index contributed by atoms with van der Waals surface area (Å²) in [6, 6.07) is 6.15. The van der Waals surface area contributed by atoms with Gasteiger partial charge in [-0.3, -0.25) is 15.2 Å². The highest BCUT2D eigenvalue weighted by Gasteiger charge is 2.31. The van der Waals surface area contributed by atoms with E-state index >= 15 is 0 Å². The predicted octanol–water partition coefficient (Wildman–Crippen LogP) is 3.46. The first-order valence-corrected chi connectivity index (χ1v) is 9.17. The van der Waals surface area contributed by atoms with Gasteiger partial charge in [0.1, 0.15) is 19.1 Å². The molecule has 4 rings (SSSR count). The molecular weight excluding hydrogens is 399 g/mol. The first-order chi connectivity index (χ1) is 14.3. The average Bonchev–Trinajstić information content (AvgIpc) is 2.73. The fourth-order valence-corrected chi connectivity index (χ4v) is 3.19. The molecule has 0 bridgehead atoms. The van der Waals surface area contributed by atoms with E-state index in [1.807, 2.05) is 0 Å². The lowest BCUT2D eigenvalue weighted by molar-refractivity contribution is -0.137. The summed E-state index contributed by atoms with van der Waals surface area (Å²) in [6.07, 6.45) is -1.26. The Morgan fingerprint density at radius 1 is 1.30 bits per heavy atom. The number of aliphatic imine (C=N–C) groups is 1. The zero-order valence-corrected chi connectivity index (χ0v) is 16.0.